The Hall–Kier alpha value is -1.49. The number of aromatic nitrogens is 2. The maximum Gasteiger partial charge on any atom is 0.320 e. The van der Waals surface area contributed by atoms with Gasteiger partial charge in [-0.2, -0.15) is 0 Å². The van der Waals surface area contributed by atoms with E-state index in [2.05, 4.69) is 9.97 Å². The monoisotopic (exact) mass is 223 g/mol. The molecule has 0 aromatic carbocycles. The number of carbonyl (C=O) groups is 1. The van der Waals surface area contributed by atoms with Gasteiger partial charge in [0.1, 0.15) is 6.04 Å². The van der Waals surface area contributed by atoms with Crippen molar-refractivity contribution < 1.29 is 9.90 Å². The summed E-state index contributed by atoms with van der Waals surface area (Å²) in [5.74, 6) is -0.837. The van der Waals surface area contributed by atoms with Crippen molar-refractivity contribution in [2.24, 2.45) is 0 Å². The summed E-state index contributed by atoms with van der Waals surface area (Å²) in [6, 6.07) is -0.615. The van der Waals surface area contributed by atoms with Crippen molar-refractivity contribution in [3.63, 3.8) is 0 Å². The molecular formula is C11H17N3O2. The zero-order valence-electron chi connectivity index (χ0n) is 10.0. The highest BCUT2D eigenvalue weighted by atomic mass is 16.4. The van der Waals surface area contributed by atoms with Crippen LogP contribution < -0.4 is 0 Å². The van der Waals surface area contributed by atoms with E-state index in [0.29, 0.717) is 0 Å². The van der Waals surface area contributed by atoms with Gasteiger partial charge >= 0.3 is 5.97 Å². The Morgan fingerprint density at radius 2 is 1.94 bits per heavy atom. The molecule has 0 saturated carbocycles. The van der Waals surface area contributed by atoms with Crippen LogP contribution in [-0.2, 0) is 4.79 Å². The molecule has 0 spiro atoms. The number of carboxylic acid groups (broad SMARTS) is 1. The summed E-state index contributed by atoms with van der Waals surface area (Å²) in [4.78, 5) is 21.0. The lowest BCUT2D eigenvalue weighted by molar-refractivity contribution is -0.142. The summed E-state index contributed by atoms with van der Waals surface area (Å²) in [6.07, 6.45) is 3.25. The molecule has 88 valence electrons. The van der Waals surface area contributed by atoms with Crippen LogP contribution in [0.3, 0.4) is 0 Å². The van der Waals surface area contributed by atoms with Gasteiger partial charge in [0.2, 0.25) is 0 Å². The molecular weight excluding hydrogens is 206 g/mol. The minimum absolute atomic E-state index is 0.0696. The minimum Gasteiger partial charge on any atom is -0.480 e. The van der Waals surface area contributed by atoms with Gasteiger partial charge in [0.15, 0.2) is 0 Å². The Balaban J connectivity index is 2.90. The zero-order chi connectivity index (χ0) is 12.3. The van der Waals surface area contributed by atoms with Gasteiger partial charge in [-0.15, -0.1) is 0 Å². The summed E-state index contributed by atoms with van der Waals surface area (Å²) in [6.45, 7) is 5.46. The van der Waals surface area contributed by atoms with Crippen molar-refractivity contribution in [3.8, 4) is 0 Å². The van der Waals surface area contributed by atoms with E-state index in [1.807, 2.05) is 13.8 Å². The summed E-state index contributed by atoms with van der Waals surface area (Å²) in [7, 11) is 1.78. The van der Waals surface area contributed by atoms with E-state index >= 15 is 0 Å². The minimum atomic E-state index is -0.837. The number of nitrogens with zero attached hydrogens (tertiary/aromatic N) is 3. The van der Waals surface area contributed by atoms with Crippen LogP contribution in [0.15, 0.2) is 12.4 Å². The predicted octanol–water partition coefficient (Wildman–Crippen LogP) is 1.25. The maximum absolute atomic E-state index is 10.9. The molecule has 1 aromatic heterocycles. The quantitative estimate of drug-likeness (QED) is 0.832. The van der Waals surface area contributed by atoms with Crippen LogP contribution in [0.25, 0.3) is 0 Å². The number of aryl methyl sites for hydroxylation is 1. The van der Waals surface area contributed by atoms with Gasteiger partial charge in [0, 0.05) is 12.4 Å². The molecule has 0 radical (unpaired) electrons. The Kier molecular flexibility index (Phi) is 3.95. The average molecular weight is 223 g/mol. The number of aliphatic carboxylic acids is 1. The van der Waals surface area contributed by atoms with E-state index in [0.717, 1.165) is 11.4 Å². The number of hydrogen-bond acceptors (Lipinski definition) is 4. The first-order chi connectivity index (χ1) is 7.45. The van der Waals surface area contributed by atoms with Crippen LogP contribution in [0.4, 0.5) is 0 Å². The summed E-state index contributed by atoms with van der Waals surface area (Å²) < 4.78 is 0. The highest BCUT2D eigenvalue weighted by Gasteiger charge is 2.24. The Morgan fingerprint density at radius 3 is 2.44 bits per heavy atom. The lowest BCUT2D eigenvalue weighted by Crippen LogP contribution is -2.38. The molecule has 0 fully saturated rings. The normalized spacial score (nSPS) is 14.8. The summed E-state index contributed by atoms with van der Waals surface area (Å²) in [5.41, 5.74) is 1.65. The fourth-order valence-corrected chi connectivity index (χ4v) is 1.53. The van der Waals surface area contributed by atoms with Gasteiger partial charge in [0.25, 0.3) is 0 Å². The summed E-state index contributed by atoms with van der Waals surface area (Å²) >= 11 is 0. The van der Waals surface area contributed by atoms with Crippen LogP contribution in [0.1, 0.15) is 31.3 Å². The zero-order valence-corrected chi connectivity index (χ0v) is 10.0. The molecule has 5 heteroatoms. The fourth-order valence-electron chi connectivity index (χ4n) is 1.53. The molecule has 0 amide bonds. The van der Waals surface area contributed by atoms with Gasteiger partial charge in [-0.25, -0.2) is 0 Å². The van der Waals surface area contributed by atoms with E-state index in [4.69, 9.17) is 5.11 Å². The van der Waals surface area contributed by atoms with Crippen LogP contribution in [0.5, 0.6) is 0 Å². The van der Waals surface area contributed by atoms with Gasteiger partial charge in [0.05, 0.1) is 17.4 Å². The number of hydrogen-bond donors (Lipinski definition) is 1. The van der Waals surface area contributed by atoms with E-state index in [1.165, 1.54) is 0 Å². The summed E-state index contributed by atoms with van der Waals surface area (Å²) in [5, 5.41) is 8.94. The number of likely N-dealkylation sites (N-methyl/N-ethyl adjacent to an activating group) is 1. The molecule has 1 rings (SSSR count). The molecule has 1 heterocycles. The van der Waals surface area contributed by atoms with Crippen molar-refractivity contribution in [3.05, 3.63) is 23.8 Å². The molecule has 5 nitrogen and oxygen atoms in total. The second-order valence-corrected chi connectivity index (χ2v) is 3.88. The third-order valence-corrected chi connectivity index (χ3v) is 2.89. The Bertz CT molecular complexity index is 381. The predicted molar refractivity (Wildman–Crippen MR) is 60.0 cm³/mol. The molecule has 0 aliphatic rings. The third-order valence-electron chi connectivity index (χ3n) is 2.89. The van der Waals surface area contributed by atoms with Crippen LogP contribution in [-0.4, -0.2) is 39.0 Å². The maximum atomic E-state index is 10.9. The first-order valence-corrected chi connectivity index (χ1v) is 5.17. The highest BCUT2D eigenvalue weighted by Crippen LogP contribution is 2.20. The molecule has 1 N–H and O–H groups in total. The largest absolute Gasteiger partial charge is 0.480 e. The van der Waals surface area contributed by atoms with Gasteiger partial charge in [-0.05, 0) is 27.8 Å². The lowest BCUT2D eigenvalue weighted by atomic mass is 10.1. The average Bonchev–Trinajstić information content (AvgIpc) is 2.26. The number of rotatable bonds is 4. The second-order valence-electron chi connectivity index (χ2n) is 3.88. The van der Waals surface area contributed by atoms with Gasteiger partial charge in [-0.1, -0.05) is 0 Å². The van der Waals surface area contributed by atoms with E-state index < -0.39 is 12.0 Å². The van der Waals surface area contributed by atoms with E-state index in [1.54, 1.807) is 31.3 Å². The van der Waals surface area contributed by atoms with E-state index in [-0.39, 0.29) is 6.04 Å². The van der Waals surface area contributed by atoms with Crippen molar-refractivity contribution in [1.29, 1.82) is 0 Å². The van der Waals surface area contributed by atoms with Crippen LogP contribution in [0.2, 0.25) is 0 Å². The molecule has 2 atom stereocenters. The molecule has 2 unspecified atom stereocenters. The molecule has 1 aromatic rings. The molecule has 0 aliphatic carbocycles. The number of carboxylic acids is 1. The van der Waals surface area contributed by atoms with Crippen molar-refractivity contribution in [2.45, 2.75) is 32.9 Å². The lowest BCUT2D eigenvalue weighted by Gasteiger charge is -2.28. The van der Waals surface area contributed by atoms with Crippen LogP contribution in [0, 0.1) is 6.92 Å². The Morgan fingerprint density at radius 1 is 1.38 bits per heavy atom. The van der Waals surface area contributed by atoms with Gasteiger partial charge in [-0.3, -0.25) is 19.7 Å². The first-order valence-electron chi connectivity index (χ1n) is 5.17. The molecule has 16 heavy (non-hydrogen) atoms. The molecule has 0 bridgehead atoms. The fraction of sp³-hybridized carbons (Fsp3) is 0.545. The molecule has 0 aliphatic heterocycles. The first kappa shape index (κ1) is 12.6. The van der Waals surface area contributed by atoms with Crippen LogP contribution >= 0.6 is 0 Å². The topological polar surface area (TPSA) is 66.3 Å². The molecule has 0 saturated heterocycles. The van der Waals surface area contributed by atoms with Crippen molar-refractivity contribution in [1.82, 2.24) is 14.9 Å². The second kappa shape index (κ2) is 5.03. The third kappa shape index (κ3) is 2.55. The van der Waals surface area contributed by atoms with Crippen molar-refractivity contribution >= 4 is 5.97 Å². The van der Waals surface area contributed by atoms with Crippen molar-refractivity contribution in [2.75, 3.05) is 7.05 Å². The SMILES string of the molecule is Cc1nccnc1C(C)N(C)C(C)C(=O)O. The standard InChI is InChI=1S/C11H17N3O2/c1-7-10(13-6-5-12-7)8(2)14(4)9(3)11(15)16/h5-6,8-9H,1-4H3,(H,15,16). The van der Waals surface area contributed by atoms with Gasteiger partial charge < -0.3 is 5.11 Å². The highest BCUT2D eigenvalue weighted by molar-refractivity contribution is 5.72. The van der Waals surface area contributed by atoms with E-state index in [9.17, 15) is 4.79 Å². The smallest absolute Gasteiger partial charge is 0.320 e. The Labute approximate surface area is 95.1 Å².